The minimum Gasteiger partial charge on any atom is -0.458 e. The number of carbonyl (C=O) groups is 2. The van der Waals surface area contributed by atoms with Crippen molar-refractivity contribution in [3.05, 3.63) is 30.1 Å². The molecule has 2 unspecified atom stereocenters. The van der Waals surface area contributed by atoms with Gasteiger partial charge in [-0.3, -0.25) is 9.78 Å². The SMILES string of the molecule is CC(C)(C)OC(=O)C(Cc1ccncc1)NC(=O)C1COCCO1. The summed E-state index contributed by atoms with van der Waals surface area (Å²) < 4.78 is 16.0. The van der Waals surface area contributed by atoms with Crippen LogP contribution in [-0.2, 0) is 30.2 Å². The van der Waals surface area contributed by atoms with Gasteiger partial charge >= 0.3 is 5.97 Å². The van der Waals surface area contributed by atoms with Gasteiger partial charge in [-0.15, -0.1) is 0 Å². The highest BCUT2D eigenvalue weighted by atomic mass is 16.6. The highest BCUT2D eigenvalue weighted by molar-refractivity contribution is 5.87. The molecule has 0 radical (unpaired) electrons. The van der Waals surface area contributed by atoms with E-state index in [2.05, 4.69) is 10.3 Å². The summed E-state index contributed by atoms with van der Waals surface area (Å²) in [4.78, 5) is 28.7. The lowest BCUT2D eigenvalue weighted by Crippen LogP contribution is -2.51. The van der Waals surface area contributed by atoms with Crippen molar-refractivity contribution in [3.63, 3.8) is 0 Å². The van der Waals surface area contributed by atoms with Crippen molar-refractivity contribution >= 4 is 11.9 Å². The zero-order valence-electron chi connectivity index (χ0n) is 14.3. The van der Waals surface area contributed by atoms with E-state index in [9.17, 15) is 9.59 Å². The van der Waals surface area contributed by atoms with Crippen LogP contribution < -0.4 is 5.32 Å². The molecule has 1 amide bonds. The van der Waals surface area contributed by atoms with Gasteiger partial charge < -0.3 is 19.5 Å². The summed E-state index contributed by atoms with van der Waals surface area (Å²) in [5, 5.41) is 2.72. The molecule has 1 aromatic rings. The van der Waals surface area contributed by atoms with E-state index >= 15 is 0 Å². The second-order valence-corrected chi connectivity index (χ2v) is 6.59. The van der Waals surface area contributed by atoms with E-state index in [-0.39, 0.29) is 12.5 Å². The molecule has 1 aromatic heterocycles. The molecule has 7 nitrogen and oxygen atoms in total. The Morgan fingerprint density at radius 3 is 2.62 bits per heavy atom. The Bertz CT molecular complexity index is 550. The van der Waals surface area contributed by atoms with E-state index in [0.29, 0.717) is 19.6 Å². The number of hydrogen-bond acceptors (Lipinski definition) is 6. The summed E-state index contributed by atoms with van der Waals surface area (Å²) in [6, 6.07) is 2.79. The second kappa shape index (κ2) is 8.21. The summed E-state index contributed by atoms with van der Waals surface area (Å²) in [6.07, 6.45) is 2.89. The molecule has 0 spiro atoms. The van der Waals surface area contributed by atoms with Gasteiger partial charge in [0.15, 0.2) is 6.10 Å². The van der Waals surface area contributed by atoms with Crippen LogP contribution in [0.4, 0.5) is 0 Å². The van der Waals surface area contributed by atoms with Crippen molar-refractivity contribution in [2.24, 2.45) is 0 Å². The summed E-state index contributed by atoms with van der Waals surface area (Å²) in [5.74, 6) is -0.857. The van der Waals surface area contributed by atoms with Gasteiger partial charge in [0.05, 0.1) is 19.8 Å². The standard InChI is InChI=1S/C17H24N2O5/c1-17(2,3)24-16(21)13(10-12-4-6-18-7-5-12)19-15(20)14-11-22-8-9-23-14/h4-7,13-14H,8-11H2,1-3H3,(H,19,20). The van der Waals surface area contributed by atoms with E-state index in [1.807, 2.05) is 0 Å². The van der Waals surface area contributed by atoms with Crippen LogP contribution in [0, 0.1) is 0 Å². The smallest absolute Gasteiger partial charge is 0.329 e. The molecule has 7 heteroatoms. The molecule has 0 aliphatic carbocycles. The lowest BCUT2D eigenvalue weighted by Gasteiger charge is -2.27. The number of carbonyl (C=O) groups excluding carboxylic acids is 2. The van der Waals surface area contributed by atoms with Gasteiger partial charge in [0.2, 0.25) is 0 Å². The largest absolute Gasteiger partial charge is 0.458 e. The van der Waals surface area contributed by atoms with Crippen LogP contribution in [0.25, 0.3) is 0 Å². The fourth-order valence-corrected chi connectivity index (χ4v) is 2.22. The van der Waals surface area contributed by atoms with Crippen LogP contribution in [0.2, 0.25) is 0 Å². The van der Waals surface area contributed by atoms with Crippen molar-refractivity contribution < 1.29 is 23.8 Å². The average molecular weight is 336 g/mol. The molecule has 132 valence electrons. The minimum absolute atomic E-state index is 0.183. The van der Waals surface area contributed by atoms with E-state index in [0.717, 1.165) is 5.56 Å². The molecule has 0 aromatic carbocycles. The Morgan fingerprint density at radius 2 is 2.04 bits per heavy atom. The van der Waals surface area contributed by atoms with E-state index < -0.39 is 23.7 Å². The maximum absolute atomic E-state index is 12.5. The summed E-state index contributed by atoms with van der Waals surface area (Å²) >= 11 is 0. The van der Waals surface area contributed by atoms with Gasteiger partial charge in [-0.2, -0.15) is 0 Å². The Kier molecular flexibility index (Phi) is 6.28. The zero-order valence-corrected chi connectivity index (χ0v) is 14.3. The van der Waals surface area contributed by atoms with Crippen LogP contribution in [0.3, 0.4) is 0 Å². The van der Waals surface area contributed by atoms with Gasteiger partial charge in [-0.25, -0.2) is 4.79 Å². The predicted octanol–water partition coefficient (Wildman–Crippen LogP) is 0.866. The molecule has 1 aliphatic rings. The van der Waals surface area contributed by atoms with Crippen LogP contribution in [0.1, 0.15) is 26.3 Å². The van der Waals surface area contributed by atoms with Crippen molar-refractivity contribution in [1.82, 2.24) is 10.3 Å². The fraction of sp³-hybridized carbons (Fsp3) is 0.588. The molecule has 0 saturated carbocycles. The number of rotatable bonds is 5. The van der Waals surface area contributed by atoms with Crippen LogP contribution in [0.5, 0.6) is 0 Å². The van der Waals surface area contributed by atoms with Crippen molar-refractivity contribution in [1.29, 1.82) is 0 Å². The predicted molar refractivity (Wildman–Crippen MR) is 86.3 cm³/mol. The van der Waals surface area contributed by atoms with Crippen molar-refractivity contribution in [2.45, 2.75) is 44.9 Å². The van der Waals surface area contributed by atoms with Gasteiger partial charge in [-0.1, -0.05) is 0 Å². The Balaban J connectivity index is 2.06. The Hall–Kier alpha value is -1.99. The van der Waals surface area contributed by atoms with Gasteiger partial charge in [0.25, 0.3) is 5.91 Å². The first kappa shape index (κ1) is 18.4. The van der Waals surface area contributed by atoms with E-state index in [1.54, 1.807) is 45.3 Å². The van der Waals surface area contributed by atoms with Gasteiger partial charge in [0, 0.05) is 18.8 Å². The van der Waals surface area contributed by atoms with Gasteiger partial charge in [-0.05, 0) is 38.5 Å². The quantitative estimate of drug-likeness (QED) is 0.803. The van der Waals surface area contributed by atoms with Gasteiger partial charge in [0.1, 0.15) is 11.6 Å². The topological polar surface area (TPSA) is 86.8 Å². The number of nitrogens with one attached hydrogen (secondary N) is 1. The summed E-state index contributed by atoms with van der Waals surface area (Å²) in [7, 11) is 0. The number of amides is 1. The first-order valence-corrected chi connectivity index (χ1v) is 7.96. The van der Waals surface area contributed by atoms with Crippen LogP contribution in [-0.4, -0.2) is 54.4 Å². The molecular formula is C17H24N2O5. The molecule has 1 fully saturated rings. The number of ether oxygens (including phenoxy) is 3. The molecular weight excluding hydrogens is 312 g/mol. The first-order valence-electron chi connectivity index (χ1n) is 7.96. The number of hydrogen-bond donors (Lipinski definition) is 1. The van der Waals surface area contributed by atoms with E-state index in [4.69, 9.17) is 14.2 Å². The molecule has 24 heavy (non-hydrogen) atoms. The fourth-order valence-electron chi connectivity index (χ4n) is 2.22. The molecule has 1 aliphatic heterocycles. The molecule has 2 heterocycles. The van der Waals surface area contributed by atoms with Crippen molar-refractivity contribution in [2.75, 3.05) is 19.8 Å². The summed E-state index contributed by atoms with van der Waals surface area (Å²) in [5.41, 5.74) is 0.241. The highest BCUT2D eigenvalue weighted by Gasteiger charge is 2.30. The normalized spacial score (nSPS) is 19.4. The average Bonchev–Trinajstić information content (AvgIpc) is 2.54. The highest BCUT2D eigenvalue weighted by Crippen LogP contribution is 2.12. The maximum Gasteiger partial charge on any atom is 0.329 e. The van der Waals surface area contributed by atoms with E-state index in [1.165, 1.54) is 0 Å². The number of esters is 1. The minimum atomic E-state index is -0.801. The molecule has 1 N–H and O–H groups in total. The van der Waals surface area contributed by atoms with Crippen LogP contribution in [0.15, 0.2) is 24.5 Å². The Labute approximate surface area is 141 Å². The number of nitrogens with zero attached hydrogens (tertiary/aromatic N) is 1. The monoisotopic (exact) mass is 336 g/mol. The third-order valence-electron chi connectivity index (χ3n) is 3.31. The number of aromatic nitrogens is 1. The molecule has 2 atom stereocenters. The molecule has 1 saturated heterocycles. The lowest BCUT2D eigenvalue weighted by atomic mass is 10.1. The summed E-state index contributed by atoms with van der Waals surface area (Å²) in [6.45, 7) is 6.37. The molecule has 0 bridgehead atoms. The first-order chi connectivity index (χ1) is 11.3. The second-order valence-electron chi connectivity index (χ2n) is 6.59. The zero-order chi connectivity index (χ0) is 17.6. The lowest BCUT2D eigenvalue weighted by molar-refractivity contribution is -0.161. The number of pyridine rings is 1. The van der Waals surface area contributed by atoms with Crippen LogP contribution >= 0.6 is 0 Å². The van der Waals surface area contributed by atoms with Crippen molar-refractivity contribution in [3.8, 4) is 0 Å². The third kappa shape index (κ3) is 5.90. The molecule has 2 rings (SSSR count). The third-order valence-corrected chi connectivity index (χ3v) is 3.31. The maximum atomic E-state index is 12.5. The Morgan fingerprint density at radius 1 is 1.33 bits per heavy atom.